The van der Waals surface area contributed by atoms with E-state index in [-0.39, 0.29) is 18.5 Å². The summed E-state index contributed by atoms with van der Waals surface area (Å²) in [5.74, 6) is 0.286. The van der Waals surface area contributed by atoms with Gasteiger partial charge in [-0.3, -0.25) is 9.48 Å². The number of rotatable bonds is 14. The van der Waals surface area contributed by atoms with E-state index in [2.05, 4.69) is 56.9 Å². The Labute approximate surface area is 291 Å². The first-order valence-electron chi connectivity index (χ1n) is 16.8. The van der Waals surface area contributed by atoms with Gasteiger partial charge in [0.2, 0.25) is 0 Å². The molecule has 0 amide bonds. The van der Waals surface area contributed by atoms with E-state index in [9.17, 15) is 9.59 Å². The van der Waals surface area contributed by atoms with Crippen molar-refractivity contribution in [2.75, 3.05) is 13.2 Å². The van der Waals surface area contributed by atoms with E-state index >= 15 is 0 Å². The van der Waals surface area contributed by atoms with Gasteiger partial charge in [-0.25, -0.2) is 4.79 Å². The number of aromatic nitrogens is 3. The van der Waals surface area contributed by atoms with Crippen molar-refractivity contribution in [1.82, 2.24) is 14.3 Å². The summed E-state index contributed by atoms with van der Waals surface area (Å²) >= 11 is 3.68. The molecular formula is C39H46BrN3O5. The predicted octanol–water partition coefficient (Wildman–Crippen LogP) is 9.10. The second-order valence-corrected chi connectivity index (χ2v) is 13.6. The van der Waals surface area contributed by atoms with Gasteiger partial charge in [0, 0.05) is 47.2 Å². The summed E-state index contributed by atoms with van der Waals surface area (Å²) in [6.07, 6.45) is 2.96. The van der Waals surface area contributed by atoms with Crippen LogP contribution < -0.4 is 4.74 Å². The number of benzene rings is 3. The van der Waals surface area contributed by atoms with Crippen molar-refractivity contribution in [2.24, 2.45) is 7.05 Å². The quantitative estimate of drug-likeness (QED) is 0.0648. The van der Waals surface area contributed by atoms with Crippen molar-refractivity contribution >= 4 is 49.5 Å². The zero-order valence-electron chi connectivity index (χ0n) is 28.9. The molecule has 0 radical (unpaired) electrons. The second-order valence-electron chi connectivity index (χ2n) is 13.0. The minimum absolute atomic E-state index is 0.217. The molecule has 0 saturated carbocycles. The fraction of sp³-hybridized carbons (Fsp3) is 0.410. The zero-order valence-corrected chi connectivity index (χ0v) is 30.5. The van der Waals surface area contributed by atoms with Crippen LogP contribution in [0.25, 0.3) is 32.8 Å². The maximum absolute atomic E-state index is 13.8. The van der Waals surface area contributed by atoms with E-state index in [0.29, 0.717) is 56.3 Å². The maximum Gasteiger partial charge on any atom is 0.355 e. The topological polar surface area (TPSA) is 84.6 Å². The van der Waals surface area contributed by atoms with Crippen LogP contribution in [0, 0.1) is 6.92 Å². The van der Waals surface area contributed by atoms with Crippen LogP contribution in [-0.4, -0.2) is 45.1 Å². The van der Waals surface area contributed by atoms with Crippen LogP contribution in [0.3, 0.4) is 0 Å². The lowest BCUT2D eigenvalue weighted by Crippen LogP contribution is -2.23. The Morgan fingerprint density at radius 3 is 2.42 bits per heavy atom. The Morgan fingerprint density at radius 2 is 1.67 bits per heavy atom. The molecule has 48 heavy (non-hydrogen) atoms. The van der Waals surface area contributed by atoms with Crippen LogP contribution in [0.4, 0.5) is 0 Å². The van der Waals surface area contributed by atoms with Gasteiger partial charge in [0.15, 0.2) is 0 Å². The van der Waals surface area contributed by atoms with Crippen molar-refractivity contribution in [2.45, 2.75) is 84.2 Å². The standard InChI is InChI=1S/C39H46BrN3O5/c1-7-46-38(45)37-30(20-14-24-47-33-21-12-16-27-15-8-9-17-28(27)33)29-18-13-19-31(35-26(2)41-42(6)32(35)25-40)36(29)43(37)23-11-10-22-34(44)48-39(3,4)5/h8-9,12-13,15-19,21H,7,10-11,14,20,22-25H2,1-6H3. The van der Waals surface area contributed by atoms with Crippen LogP contribution in [0.15, 0.2) is 60.7 Å². The van der Waals surface area contributed by atoms with Crippen LogP contribution in [-0.2, 0) is 39.6 Å². The van der Waals surface area contributed by atoms with Gasteiger partial charge in [0.05, 0.1) is 30.1 Å². The van der Waals surface area contributed by atoms with Gasteiger partial charge in [0.1, 0.15) is 17.0 Å². The van der Waals surface area contributed by atoms with Gasteiger partial charge in [-0.05, 0) is 77.3 Å². The SMILES string of the molecule is CCOC(=O)c1c(CCCOc2cccc3ccccc23)c2cccc(-c3c(C)nn(C)c3CBr)c2n1CCCCC(=O)OC(C)(C)C. The Hall–Kier alpha value is -4.11. The van der Waals surface area contributed by atoms with Gasteiger partial charge in [0.25, 0.3) is 0 Å². The van der Waals surface area contributed by atoms with Gasteiger partial charge in [-0.15, -0.1) is 0 Å². The van der Waals surface area contributed by atoms with Gasteiger partial charge < -0.3 is 18.8 Å². The lowest BCUT2D eigenvalue weighted by Gasteiger charge is -2.19. The first kappa shape index (κ1) is 35.2. The molecule has 5 rings (SSSR count). The molecule has 0 N–H and O–H groups in total. The molecule has 9 heteroatoms. The molecule has 0 bridgehead atoms. The summed E-state index contributed by atoms with van der Waals surface area (Å²) in [5, 5.41) is 8.60. The Morgan fingerprint density at radius 1 is 0.938 bits per heavy atom. The number of halogens is 1. The molecule has 5 aromatic rings. The molecule has 2 heterocycles. The molecule has 3 aromatic carbocycles. The molecule has 2 aromatic heterocycles. The molecule has 254 valence electrons. The Bertz CT molecular complexity index is 1910. The molecule has 0 fully saturated rings. The number of carbonyl (C=O) groups is 2. The van der Waals surface area contributed by atoms with Gasteiger partial charge in [-0.2, -0.15) is 5.10 Å². The first-order valence-corrected chi connectivity index (χ1v) is 17.9. The minimum Gasteiger partial charge on any atom is -0.493 e. The van der Waals surface area contributed by atoms with Crippen molar-refractivity contribution in [3.63, 3.8) is 0 Å². The highest BCUT2D eigenvalue weighted by atomic mass is 79.9. The fourth-order valence-electron chi connectivity index (χ4n) is 6.49. The summed E-state index contributed by atoms with van der Waals surface area (Å²) in [4.78, 5) is 26.3. The number of esters is 2. The van der Waals surface area contributed by atoms with Gasteiger partial charge in [-0.1, -0.05) is 70.5 Å². The molecule has 0 unspecified atom stereocenters. The molecule has 8 nitrogen and oxygen atoms in total. The van der Waals surface area contributed by atoms with Crippen LogP contribution in [0.1, 0.15) is 80.8 Å². The average Bonchev–Trinajstić information content (AvgIpc) is 3.52. The first-order chi connectivity index (χ1) is 23.0. The highest BCUT2D eigenvalue weighted by Gasteiger charge is 2.27. The molecule has 0 aliphatic heterocycles. The summed E-state index contributed by atoms with van der Waals surface area (Å²) < 4.78 is 21.6. The number of hydrogen-bond donors (Lipinski definition) is 0. The highest BCUT2D eigenvalue weighted by molar-refractivity contribution is 9.08. The van der Waals surface area contributed by atoms with Gasteiger partial charge >= 0.3 is 11.9 Å². The lowest BCUT2D eigenvalue weighted by molar-refractivity contribution is -0.154. The predicted molar refractivity (Wildman–Crippen MR) is 195 cm³/mol. The van der Waals surface area contributed by atoms with Crippen molar-refractivity contribution < 1.29 is 23.8 Å². The van der Waals surface area contributed by atoms with E-state index in [0.717, 1.165) is 55.5 Å². The van der Waals surface area contributed by atoms with E-state index in [1.165, 1.54) is 0 Å². The number of ether oxygens (including phenoxy) is 3. The van der Waals surface area contributed by atoms with E-state index in [4.69, 9.17) is 19.3 Å². The second kappa shape index (κ2) is 15.4. The fourth-order valence-corrected chi connectivity index (χ4v) is 7.13. The van der Waals surface area contributed by atoms with Crippen molar-refractivity contribution in [3.05, 3.63) is 83.3 Å². The third-order valence-electron chi connectivity index (χ3n) is 8.40. The molecule has 0 aliphatic carbocycles. The number of unbranched alkanes of at least 4 members (excludes halogenated alkanes) is 1. The van der Waals surface area contributed by atoms with Crippen molar-refractivity contribution in [3.8, 4) is 16.9 Å². The summed E-state index contributed by atoms with van der Waals surface area (Å²) in [6, 6.07) is 20.6. The summed E-state index contributed by atoms with van der Waals surface area (Å²) in [6.45, 7) is 10.8. The highest BCUT2D eigenvalue weighted by Crippen LogP contribution is 2.39. The molecular weight excluding hydrogens is 670 g/mol. The molecule has 0 spiro atoms. The van der Waals surface area contributed by atoms with E-state index < -0.39 is 5.60 Å². The third-order valence-corrected chi connectivity index (χ3v) is 8.93. The third kappa shape index (κ3) is 7.78. The maximum atomic E-state index is 13.8. The largest absolute Gasteiger partial charge is 0.493 e. The lowest BCUT2D eigenvalue weighted by atomic mass is 9.98. The van der Waals surface area contributed by atoms with E-state index in [1.807, 2.05) is 70.6 Å². The number of aryl methyl sites for hydroxylation is 4. The van der Waals surface area contributed by atoms with Crippen molar-refractivity contribution in [1.29, 1.82) is 0 Å². The van der Waals surface area contributed by atoms with Crippen LogP contribution in [0.5, 0.6) is 5.75 Å². The smallest absolute Gasteiger partial charge is 0.355 e. The number of nitrogens with zero attached hydrogens (tertiary/aromatic N) is 3. The monoisotopic (exact) mass is 715 g/mol. The average molecular weight is 717 g/mol. The normalized spacial score (nSPS) is 11.7. The number of alkyl halides is 1. The molecule has 0 atom stereocenters. The summed E-state index contributed by atoms with van der Waals surface area (Å²) in [5.41, 5.74) is 5.99. The van der Waals surface area contributed by atoms with Crippen LogP contribution in [0.2, 0.25) is 0 Å². The Balaban J connectivity index is 1.53. The Kier molecular flexibility index (Phi) is 11.3. The molecule has 0 saturated heterocycles. The number of carbonyl (C=O) groups excluding carboxylic acids is 2. The number of hydrogen-bond acceptors (Lipinski definition) is 6. The minimum atomic E-state index is -0.527. The summed E-state index contributed by atoms with van der Waals surface area (Å²) in [7, 11) is 1.95. The number of fused-ring (bicyclic) bond motifs is 2. The molecule has 0 aliphatic rings. The zero-order chi connectivity index (χ0) is 34.4. The van der Waals surface area contributed by atoms with Crippen LogP contribution >= 0.6 is 15.9 Å². The number of para-hydroxylation sites is 1. The van der Waals surface area contributed by atoms with E-state index in [1.54, 1.807) is 0 Å².